The first kappa shape index (κ1) is 13.4. The van der Waals surface area contributed by atoms with Gasteiger partial charge in [-0.05, 0) is 27.7 Å². The first-order valence-electron chi connectivity index (χ1n) is 5.25. The number of hydrogen-bond donors (Lipinski definition) is 0. The minimum atomic E-state index is -0.763. The fourth-order valence-electron chi connectivity index (χ4n) is 1.84. The van der Waals surface area contributed by atoms with Crippen LogP contribution in [0.1, 0.15) is 27.7 Å². The van der Waals surface area contributed by atoms with Gasteiger partial charge < -0.3 is 4.48 Å². The summed E-state index contributed by atoms with van der Waals surface area (Å²) < 4.78 is 1.11. The minimum Gasteiger partial charge on any atom is -0.300 e. The molecular weight excluding hydrogens is 177 g/mol. The summed E-state index contributed by atoms with van der Waals surface area (Å²) in [6, 6.07) is 0. The van der Waals surface area contributed by atoms with Crippen molar-refractivity contribution in [1.29, 1.82) is 0 Å². The lowest BCUT2D eigenvalue weighted by molar-refractivity contribution is -0.858. The lowest BCUT2D eigenvalue weighted by Gasteiger charge is -2.36. The van der Waals surface area contributed by atoms with Crippen molar-refractivity contribution >= 4 is 7.26 Å². The second-order valence-electron chi connectivity index (χ2n) is 5.97. The zero-order valence-corrected chi connectivity index (χ0v) is 11.7. The van der Waals surface area contributed by atoms with E-state index in [1.807, 2.05) is 0 Å². The Bertz CT molecular complexity index is 148. The van der Waals surface area contributed by atoms with Crippen LogP contribution in [0.5, 0.6) is 0 Å². The molecule has 0 radical (unpaired) electrons. The van der Waals surface area contributed by atoms with Crippen molar-refractivity contribution in [1.82, 2.24) is 0 Å². The third kappa shape index (κ3) is 3.95. The van der Waals surface area contributed by atoms with Crippen molar-refractivity contribution in [3.63, 3.8) is 0 Å². The maximum Gasteiger partial charge on any atom is 0.180 e. The second kappa shape index (κ2) is 4.28. The van der Waals surface area contributed by atoms with Crippen LogP contribution in [0.25, 0.3) is 0 Å². The van der Waals surface area contributed by atoms with Gasteiger partial charge in [0.1, 0.15) is 0 Å². The molecule has 0 aromatic carbocycles. The summed E-state index contributed by atoms with van der Waals surface area (Å²) in [4.78, 5) is 0. The van der Waals surface area contributed by atoms with Crippen molar-refractivity contribution < 1.29 is 4.48 Å². The van der Waals surface area contributed by atoms with Crippen molar-refractivity contribution in [3.05, 3.63) is 0 Å². The molecule has 0 N–H and O–H groups in total. The molecule has 0 rings (SSSR count). The minimum absolute atomic E-state index is 0.763. The third-order valence-corrected chi connectivity index (χ3v) is 9.27. The molecule has 2 heteroatoms. The normalized spacial score (nSPS) is 14.3. The number of nitrogens with zero attached hydrogens (tertiary/aromatic N) is 1. The molecule has 80 valence electrons. The first-order chi connectivity index (χ1) is 5.59. The highest BCUT2D eigenvalue weighted by atomic mass is 31.2. The zero-order chi connectivity index (χ0) is 10.9. The second-order valence-corrected chi connectivity index (χ2v) is 11.0. The molecule has 0 amide bonds. The zero-order valence-electron chi connectivity index (χ0n) is 10.8. The first-order valence-corrected chi connectivity index (χ1v) is 7.81. The standard InChI is InChI=1S/C11H28NP/c1-10(2)13(8,11(3)4)9-12(5,6)7/h10-11H,9H2,1-8H3/q+2. The van der Waals surface area contributed by atoms with E-state index >= 15 is 0 Å². The Morgan fingerprint density at radius 2 is 1.23 bits per heavy atom. The van der Waals surface area contributed by atoms with Crippen molar-refractivity contribution in [2.24, 2.45) is 0 Å². The van der Waals surface area contributed by atoms with Crippen LogP contribution in [0.15, 0.2) is 0 Å². The van der Waals surface area contributed by atoms with Gasteiger partial charge in [-0.15, -0.1) is 0 Å². The van der Waals surface area contributed by atoms with Gasteiger partial charge in [-0.3, -0.25) is 0 Å². The Balaban J connectivity index is 4.62. The van der Waals surface area contributed by atoms with Crippen LogP contribution in [-0.4, -0.2) is 49.9 Å². The van der Waals surface area contributed by atoms with Crippen molar-refractivity contribution in [2.75, 3.05) is 34.1 Å². The summed E-state index contributed by atoms with van der Waals surface area (Å²) in [7, 11) is 6.16. The largest absolute Gasteiger partial charge is 0.300 e. The topological polar surface area (TPSA) is 0 Å². The predicted molar refractivity (Wildman–Crippen MR) is 66.0 cm³/mol. The monoisotopic (exact) mass is 205 g/mol. The van der Waals surface area contributed by atoms with Crippen molar-refractivity contribution in [2.45, 2.75) is 39.0 Å². The van der Waals surface area contributed by atoms with E-state index in [1.165, 1.54) is 6.29 Å². The van der Waals surface area contributed by atoms with Crippen LogP contribution in [0.4, 0.5) is 0 Å². The number of quaternary nitrogens is 1. The van der Waals surface area contributed by atoms with E-state index in [0.717, 1.165) is 15.8 Å². The molecule has 0 saturated heterocycles. The van der Waals surface area contributed by atoms with Gasteiger partial charge in [-0.1, -0.05) is 0 Å². The summed E-state index contributed by atoms with van der Waals surface area (Å²) in [6.07, 6.45) is 1.36. The molecule has 0 atom stereocenters. The highest BCUT2D eigenvalue weighted by Gasteiger charge is 2.43. The molecular formula is C11H28NP+2. The molecule has 0 heterocycles. The summed E-state index contributed by atoms with van der Waals surface area (Å²) in [5, 5.41) is 0. The van der Waals surface area contributed by atoms with Crippen LogP contribution in [0.3, 0.4) is 0 Å². The van der Waals surface area contributed by atoms with Gasteiger partial charge in [0.25, 0.3) is 0 Å². The van der Waals surface area contributed by atoms with Gasteiger partial charge in [0, 0.05) is 0 Å². The van der Waals surface area contributed by atoms with E-state index in [1.54, 1.807) is 0 Å². The SMILES string of the molecule is CC(C)[P+](C)(C[N+](C)(C)C)C(C)C. The third-order valence-electron chi connectivity index (χ3n) is 3.09. The average Bonchev–Trinajstić information content (AvgIpc) is 1.82. The molecule has 0 aliphatic rings. The van der Waals surface area contributed by atoms with E-state index in [2.05, 4.69) is 55.5 Å². The highest BCUT2D eigenvalue weighted by Crippen LogP contribution is 2.64. The molecule has 1 nitrogen and oxygen atoms in total. The molecule has 0 unspecified atom stereocenters. The van der Waals surface area contributed by atoms with E-state index in [0.29, 0.717) is 0 Å². The van der Waals surface area contributed by atoms with Crippen molar-refractivity contribution in [3.8, 4) is 0 Å². The van der Waals surface area contributed by atoms with Crippen LogP contribution < -0.4 is 0 Å². The van der Waals surface area contributed by atoms with Gasteiger partial charge in [-0.25, -0.2) is 0 Å². The fraction of sp³-hybridized carbons (Fsp3) is 1.00. The number of rotatable bonds is 4. The lowest BCUT2D eigenvalue weighted by atomic mass is 10.5. The molecule has 0 aromatic heterocycles. The quantitative estimate of drug-likeness (QED) is 0.488. The lowest BCUT2D eigenvalue weighted by Crippen LogP contribution is -2.39. The Morgan fingerprint density at radius 1 is 0.923 bits per heavy atom. The van der Waals surface area contributed by atoms with E-state index in [-0.39, 0.29) is 0 Å². The highest BCUT2D eigenvalue weighted by molar-refractivity contribution is 7.76. The molecule has 0 aromatic rings. The van der Waals surface area contributed by atoms with Gasteiger partial charge in [0.05, 0.1) is 46.4 Å². The maximum atomic E-state index is 2.53. The molecule has 0 aliphatic heterocycles. The summed E-state index contributed by atoms with van der Waals surface area (Å²) >= 11 is 0. The summed E-state index contributed by atoms with van der Waals surface area (Å²) in [6.45, 7) is 12.1. The van der Waals surface area contributed by atoms with Crippen LogP contribution >= 0.6 is 7.26 Å². The Morgan fingerprint density at radius 3 is 1.31 bits per heavy atom. The Labute approximate surface area is 85.4 Å². The van der Waals surface area contributed by atoms with Gasteiger partial charge in [0.15, 0.2) is 6.29 Å². The Kier molecular flexibility index (Phi) is 4.40. The Hall–Kier alpha value is 0.390. The molecule has 0 spiro atoms. The predicted octanol–water partition coefficient (Wildman–Crippen LogP) is 3.11. The van der Waals surface area contributed by atoms with Gasteiger partial charge >= 0.3 is 0 Å². The molecule has 13 heavy (non-hydrogen) atoms. The molecule has 0 fully saturated rings. The molecule has 0 aliphatic carbocycles. The molecule has 0 bridgehead atoms. The average molecular weight is 205 g/mol. The summed E-state index contributed by atoms with van der Waals surface area (Å²) in [5.41, 5.74) is 1.73. The van der Waals surface area contributed by atoms with Crippen LogP contribution in [0.2, 0.25) is 0 Å². The van der Waals surface area contributed by atoms with E-state index in [4.69, 9.17) is 0 Å². The smallest absolute Gasteiger partial charge is 0.180 e. The van der Waals surface area contributed by atoms with Crippen LogP contribution in [0, 0.1) is 0 Å². The molecule has 0 saturated carbocycles. The van der Waals surface area contributed by atoms with E-state index in [9.17, 15) is 0 Å². The van der Waals surface area contributed by atoms with Gasteiger partial charge in [-0.2, -0.15) is 0 Å². The van der Waals surface area contributed by atoms with Gasteiger partial charge in [0.2, 0.25) is 0 Å². The van der Waals surface area contributed by atoms with E-state index < -0.39 is 7.26 Å². The summed E-state index contributed by atoms with van der Waals surface area (Å²) in [5.74, 6) is 0. The fourth-order valence-corrected chi connectivity index (χ4v) is 5.51. The maximum absolute atomic E-state index is 2.53. The number of hydrogen-bond acceptors (Lipinski definition) is 0. The van der Waals surface area contributed by atoms with Crippen LogP contribution in [-0.2, 0) is 0 Å².